The third kappa shape index (κ3) is 2.51. The van der Waals surface area contributed by atoms with E-state index in [1.54, 1.807) is 6.07 Å². The van der Waals surface area contributed by atoms with Gasteiger partial charge in [-0.15, -0.1) is 0 Å². The van der Waals surface area contributed by atoms with Crippen LogP contribution in [-0.2, 0) is 0 Å². The molecule has 98 valence electrons. The van der Waals surface area contributed by atoms with E-state index in [4.69, 9.17) is 5.73 Å². The molecular weight excluding hydrogens is 236 g/mol. The minimum absolute atomic E-state index is 0.0939. The molecule has 0 spiro atoms. The van der Waals surface area contributed by atoms with Crippen LogP contribution in [0, 0.1) is 16.0 Å². The highest BCUT2D eigenvalue weighted by molar-refractivity contribution is 5.57. The lowest BCUT2D eigenvalue weighted by molar-refractivity contribution is -0.384. The maximum Gasteiger partial charge on any atom is 0.311 e. The van der Waals surface area contributed by atoms with E-state index in [2.05, 4.69) is 10.3 Å². The van der Waals surface area contributed by atoms with E-state index >= 15 is 0 Å². The molecule has 1 aromatic heterocycles. The molecule has 0 bridgehead atoms. The SMILES string of the molecule is Nc1nc(NC2CCCC2CO)ccc1[N+](=O)[O-]. The van der Waals surface area contributed by atoms with Crippen LogP contribution in [0.5, 0.6) is 0 Å². The van der Waals surface area contributed by atoms with Gasteiger partial charge < -0.3 is 16.2 Å². The van der Waals surface area contributed by atoms with Gasteiger partial charge in [-0.25, -0.2) is 4.98 Å². The summed E-state index contributed by atoms with van der Waals surface area (Å²) in [6.07, 6.45) is 3.01. The fraction of sp³-hybridized carbons (Fsp3) is 0.545. The zero-order valence-electron chi connectivity index (χ0n) is 9.87. The third-order valence-electron chi connectivity index (χ3n) is 3.33. The van der Waals surface area contributed by atoms with Crippen molar-refractivity contribution in [3.63, 3.8) is 0 Å². The summed E-state index contributed by atoms with van der Waals surface area (Å²) in [6, 6.07) is 3.04. The number of hydrogen-bond donors (Lipinski definition) is 3. The van der Waals surface area contributed by atoms with E-state index in [0.717, 1.165) is 19.3 Å². The van der Waals surface area contributed by atoms with Crippen LogP contribution in [0.1, 0.15) is 19.3 Å². The Morgan fingerprint density at radius 1 is 1.56 bits per heavy atom. The molecule has 0 saturated heterocycles. The van der Waals surface area contributed by atoms with E-state index in [-0.39, 0.29) is 30.1 Å². The highest BCUT2D eigenvalue weighted by Crippen LogP contribution is 2.29. The number of nitrogen functional groups attached to an aromatic ring is 1. The molecular formula is C11H16N4O3. The van der Waals surface area contributed by atoms with Gasteiger partial charge in [-0.2, -0.15) is 0 Å². The number of anilines is 2. The van der Waals surface area contributed by atoms with Crippen LogP contribution in [0.2, 0.25) is 0 Å². The fourth-order valence-corrected chi connectivity index (χ4v) is 2.34. The summed E-state index contributed by atoms with van der Waals surface area (Å²) in [7, 11) is 0. The summed E-state index contributed by atoms with van der Waals surface area (Å²) < 4.78 is 0. The molecule has 0 aromatic carbocycles. The molecule has 1 aliphatic rings. The summed E-state index contributed by atoms with van der Waals surface area (Å²) in [5.74, 6) is 0.634. The first-order chi connectivity index (χ1) is 8.61. The van der Waals surface area contributed by atoms with Crippen molar-refractivity contribution in [3.8, 4) is 0 Å². The largest absolute Gasteiger partial charge is 0.396 e. The third-order valence-corrected chi connectivity index (χ3v) is 3.33. The summed E-state index contributed by atoms with van der Waals surface area (Å²) in [5, 5.41) is 23.0. The average molecular weight is 252 g/mol. The maximum absolute atomic E-state index is 10.6. The quantitative estimate of drug-likeness (QED) is 0.547. The molecule has 1 aromatic rings. The van der Waals surface area contributed by atoms with E-state index in [1.807, 2.05) is 0 Å². The lowest BCUT2D eigenvalue weighted by Gasteiger charge is -2.19. The Hall–Kier alpha value is -1.89. The van der Waals surface area contributed by atoms with Crippen molar-refractivity contribution in [2.75, 3.05) is 17.7 Å². The molecule has 2 rings (SSSR count). The fourth-order valence-electron chi connectivity index (χ4n) is 2.34. The Bertz CT molecular complexity index is 452. The Morgan fingerprint density at radius 2 is 2.33 bits per heavy atom. The van der Waals surface area contributed by atoms with Gasteiger partial charge in [0.2, 0.25) is 5.82 Å². The van der Waals surface area contributed by atoms with E-state index < -0.39 is 4.92 Å². The van der Waals surface area contributed by atoms with Gasteiger partial charge in [0.1, 0.15) is 5.82 Å². The molecule has 7 nitrogen and oxygen atoms in total. The zero-order valence-corrected chi connectivity index (χ0v) is 9.87. The Labute approximate surface area is 104 Å². The van der Waals surface area contributed by atoms with Gasteiger partial charge in [0.05, 0.1) is 4.92 Å². The molecule has 0 amide bonds. The van der Waals surface area contributed by atoms with Crippen molar-refractivity contribution >= 4 is 17.3 Å². The Balaban J connectivity index is 2.10. The van der Waals surface area contributed by atoms with Crippen LogP contribution < -0.4 is 11.1 Å². The summed E-state index contributed by atoms with van der Waals surface area (Å²) in [5.41, 5.74) is 5.33. The Kier molecular flexibility index (Phi) is 3.61. The second kappa shape index (κ2) is 5.18. The van der Waals surface area contributed by atoms with Crippen LogP contribution >= 0.6 is 0 Å². The Morgan fingerprint density at radius 3 is 2.94 bits per heavy atom. The van der Waals surface area contributed by atoms with E-state index in [1.165, 1.54) is 6.07 Å². The molecule has 1 aliphatic carbocycles. The highest BCUT2D eigenvalue weighted by atomic mass is 16.6. The van der Waals surface area contributed by atoms with Crippen molar-refractivity contribution in [2.45, 2.75) is 25.3 Å². The number of pyridine rings is 1. The number of nitro groups is 1. The second-order valence-corrected chi connectivity index (χ2v) is 4.48. The van der Waals surface area contributed by atoms with Gasteiger partial charge in [-0.3, -0.25) is 10.1 Å². The average Bonchev–Trinajstić information content (AvgIpc) is 2.76. The summed E-state index contributed by atoms with van der Waals surface area (Å²) in [4.78, 5) is 14.0. The van der Waals surface area contributed by atoms with Crippen molar-refractivity contribution in [1.29, 1.82) is 0 Å². The highest BCUT2D eigenvalue weighted by Gasteiger charge is 2.27. The van der Waals surface area contributed by atoms with Gasteiger partial charge in [-0.1, -0.05) is 6.42 Å². The first-order valence-electron chi connectivity index (χ1n) is 5.90. The molecule has 2 unspecified atom stereocenters. The van der Waals surface area contributed by atoms with Gasteiger partial charge in [0, 0.05) is 24.6 Å². The standard InChI is InChI=1S/C11H16N4O3/c12-11-9(15(17)18)4-5-10(14-11)13-8-3-1-2-7(8)6-16/h4-5,7-8,16H,1-3,6H2,(H3,12,13,14). The maximum atomic E-state index is 10.6. The topological polar surface area (TPSA) is 114 Å². The minimum atomic E-state index is -0.557. The van der Waals surface area contributed by atoms with Crippen molar-refractivity contribution in [3.05, 3.63) is 22.2 Å². The van der Waals surface area contributed by atoms with E-state index in [0.29, 0.717) is 5.82 Å². The van der Waals surface area contributed by atoms with Crippen LogP contribution in [0.3, 0.4) is 0 Å². The molecule has 2 atom stereocenters. The number of nitrogens with two attached hydrogens (primary N) is 1. The van der Waals surface area contributed by atoms with Crippen molar-refractivity contribution < 1.29 is 10.0 Å². The molecule has 18 heavy (non-hydrogen) atoms. The lowest BCUT2D eigenvalue weighted by atomic mass is 10.1. The smallest absolute Gasteiger partial charge is 0.311 e. The summed E-state index contributed by atoms with van der Waals surface area (Å²) in [6.45, 7) is 0.139. The molecule has 7 heteroatoms. The monoisotopic (exact) mass is 252 g/mol. The van der Waals surface area contributed by atoms with Crippen LogP contribution in [-0.4, -0.2) is 27.7 Å². The predicted molar refractivity (Wildman–Crippen MR) is 67.1 cm³/mol. The number of aliphatic hydroxyl groups excluding tert-OH is 1. The number of nitrogens with one attached hydrogen (secondary N) is 1. The molecule has 0 aliphatic heterocycles. The van der Waals surface area contributed by atoms with Crippen molar-refractivity contribution in [1.82, 2.24) is 4.98 Å². The molecule has 1 heterocycles. The minimum Gasteiger partial charge on any atom is -0.396 e. The first kappa shape index (κ1) is 12.6. The van der Waals surface area contributed by atoms with Crippen LogP contribution in [0.4, 0.5) is 17.3 Å². The van der Waals surface area contributed by atoms with E-state index in [9.17, 15) is 15.2 Å². The summed E-state index contributed by atoms with van der Waals surface area (Å²) >= 11 is 0. The number of aromatic nitrogens is 1. The van der Waals surface area contributed by atoms with Gasteiger partial charge in [0.25, 0.3) is 0 Å². The molecule has 4 N–H and O–H groups in total. The zero-order chi connectivity index (χ0) is 13.1. The molecule has 1 saturated carbocycles. The lowest BCUT2D eigenvalue weighted by Crippen LogP contribution is -2.26. The normalized spacial score (nSPS) is 22.9. The van der Waals surface area contributed by atoms with Crippen molar-refractivity contribution in [2.24, 2.45) is 5.92 Å². The number of rotatable bonds is 4. The molecule has 1 fully saturated rings. The van der Waals surface area contributed by atoms with Crippen LogP contribution in [0.15, 0.2) is 12.1 Å². The number of hydrogen-bond acceptors (Lipinski definition) is 6. The molecule has 0 radical (unpaired) electrons. The van der Waals surface area contributed by atoms with Crippen LogP contribution in [0.25, 0.3) is 0 Å². The van der Waals surface area contributed by atoms with Gasteiger partial charge in [-0.05, 0) is 18.9 Å². The van der Waals surface area contributed by atoms with Gasteiger partial charge in [0.15, 0.2) is 0 Å². The number of nitrogens with zero attached hydrogens (tertiary/aromatic N) is 2. The first-order valence-corrected chi connectivity index (χ1v) is 5.90. The predicted octanol–water partition coefficient (Wildman–Crippen LogP) is 1.14. The van der Waals surface area contributed by atoms with Gasteiger partial charge >= 0.3 is 5.69 Å². The number of aliphatic hydroxyl groups is 1. The second-order valence-electron chi connectivity index (χ2n) is 4.48.